The molecular formula is C12H14BrF3N2. The Balaban J connectivity index is 2.00. The highest BCUT2D eigenvalue weighted by molar-refractivity contribution is 9.10. The van der Waals surface area contributed by atoms with E-state index in [9.17, 15) is 13.2 Å². The van der Waals surface area contributed by atoms with Gasteiger partial charge >= 0.3 is 6.18 Å². The summed E-state index contributed by atoms with van der Waals surface area (Å²) in [7, 11) is 0. The lowest BCUT2D eigenvalue weighted by Gasteiger charge is -2.31. The van der Waals surface area contributed by atoms with Gasteiger partial charge in [0.15, 0.2) is 0 Å². The zero-order valence-corrected chi connectivity index (χ0v) is 11.3. The number of nitrogens with one attached hydrogen (secondary N) is 1. The zero-order chi connectivity index (χ0) is 13.2. The standard InChI is InChI=1S/C12H14BrF3N2/c13-11-10(5-2-6-17-11)18-9-4-1-3-8(7-9)12(14,15)16/h2,5-6,8-9,18H,1,3-4,7H2. The minimum atomic E-state index is -4.08. The molecule has 1 heterocycles. The Morgan fingerprint density at radius 1 is 1.33 bits per heavy atom. The summed E-state index contributed by atoms with van der Waals surface area (Å²) in [5, 5.41) is 3.14. The highest BCUT2D eigenvalue weighted by Gasteiger charge is 2.42. The van der Waals surface area contributed by atoms with Crippen molar-refractivity contribution in [1.29, 1.82) is 0 Å². The van der Waals surface area contributed by atoms with Crippen molar-refractivity contribution in [3.63, 3.8) is 0 Å². The SMILES string of the molecule is FC(F)(F)C1CCCC(Nc2cccnc2Br)C1. The molecule has 2 rings (SSSR count). The topological polar surface area (TPSA) is 24.9 Å². The first-order valence-electron chi connectivity index (χ1n) is 5.90. The summed E-state index contributed by atoms with van der Waals surface area (Å²) in [5.41, 5.74) is 0.755. The largest absolute Gasteiger partial charge is 0.391 e. The summed E-state index contributed by atoms with van der Waals surface area (Å²) < 4.78 is 38.7. The van der Waals surface area contributed by atoms with Crippen molar-refractivity contribution in [2.45, 2.75) is 37.9 Å². The Morgan fingerprint density at radius 3 is 2.78 bits per heavy atom. The van der Waals surface area contributed by atoms with Gasteiger partial charge in [-0.15, -0.1) is 0 Å². The second kappa shape index (κ2) is 5.47. The maximum Gasteiger partial charge on any atom is 0.391 e. The van der Waals surface area contributed by atoms with Crippen molar-refractivity contribution in [1.82, 2.24) is 4.98 Å². The molecule has 1 aliphatic carbocycles. The molecule has 1 saturated carbocycles. The fourth-order valence-electron chi connectivity index (χ4n) is 2.33. The van der Waals surface area contributed by atoms with Gasteiger partial charge in [-0.25, -0.2) is 4.98 Å². The second-order valence-electron chi connectivity index (χ2n) is 4.59. The van der Waals surface area contributed by atoms with E-state index in [0.717, 1.165) is 12.1 Å². The third-order valence-corrected chi connectivity index (χ3v) is 3.89. The van der Waals surface area contributed by atoms with E-state index in [1.165, 1.54) is 0 Å². The van der Waals surface area contributed by atoms with Gasteiger partial charge < -0.3 is 5.32 Å². The normalized spacial score (nSPS) is 24.9. The third kappa shape index (κ3) is 3.37. The fraction of sp³-hybridized carbons (Fsp3) is 0.583. The van der Waals surface area contributed by atoms with Crippen LogP contribution in [0.2, 0.25) is 0 Å². The monoisotopic (exact) mass is 322 g/mol. The minimum absolute atomic E-state index is 0.133. The van der Waals surface area contributed by atoms with E-state index in [4.69, 9.17) is 0 Å². The molecule has 6 heteroatoms. The van der Waals surface area contributed by atoms with E-state index in [1.807, 2.05) is 6.07 Å². The van der Waals surface area contributed by atoms with E-state index in [0.29, 0.717) is 11.0 Å². The van der Waals surface area contributed by atoms with Crippen LogP contribution in [-0.2, 0) is 0 Å². The first-order valence-corrected chi connectivity index (χ1v) is 6.70. The zero-order valence-electron chi connectivity index (χ0n) is 9.67. The van der Waals surface area contributed by atoms with E-state index < -0.39 is 12.1 Å². The van der Waals surface area contributed by atoms with Gasteiger partial charge in [-0.3, -0.25) is 0 Å². The first kappa shape index (κ1) is 13.6. The van der Waals surface area contributed by atoms with Gasteiger partial charge in [-0.1, -0.05) is 6.42 Å². The summed E-state index contributed by atoms with van der Waals surface area (Å²) in [6.07, 6.45) is -0.671. The van der Waals surface area contributed by atoms with Crippen molar-refractivity contribution < 1.29 is 13.2 Å². The van der Waals surface area contributed by atoms with Gasteiger partial charge in [0.2, 0.25) is 0 Å². The Labute approximate surface area is 112 Å². The maximum atomic E-state index is 12.7. The van der Waals surface area contributed by atoms with Crippen LogP contribution in [0.25, 0.3) is 0 Å². The third-order valence-electron chi connectivity index (χ3n) is 3.26. The molecule has 100 valence electrons. The van der Waals surface area contributed by atoms with Gasteiger partial charge in [0, 0.05) is 12.2 Å². The van der Waals surface area contributed by atoms with Gasteiger partial charge in [-0.05, 0) is 47.3 Å². The molecular weight excluding hydrogens is 309 g/mol. The first-order chi connectivity index (χ1) is 8.47. The van der Waals surface area contributed by atoms with Crippen LogP contribution >= 0.6 is 15.9 Å². The van der Waals surface area contributed by atoms with Crippen LogP contribution in [0.5, 0.6) is 0 Å². The van der Waals surface area contributed by atoms with Gasteiger partial charge in [0.25, 0.3) is 0 Å². The van der Waals surface area contributed by atoms with Crippen LogP contribution in [0.3, 0.4) is 0 Å². The Kier molecular flexibility index (Phi) is 4.14. The molecule has 1 fully saturated rings. The molecule has 2 atom stereocenters. The number of pyridine rings is 1. The molecule has 1 aromatic rings. The number of anilines is 1. The van der Waals surface area contributed by atoms with Crippen LogP contribution < -0.4 is 5.32 Å². The summed E-state index contributed by atoms with van der Waals surface area (Å²) in [6, 6.07) is 3.44. The molecule has 1 N–H and O–H groups in total. The summed E-state index contributed by atoms with van der Waals surface area (Å²) in [4.78, 5) is 4.04. The molecule has 0 radical (unpaired) electrons. The highest BCUT2D eigenvalue weighted by atomic mass is 79.9. The Hall–Kier alpha value is -0.780. The van der Waals surface area contributed by atoms with Crippen LogP contribution in [-0.4, -0.2) is 17.2 Å². The smallest absolute Gasteiger partial charge is 0.380 e. The van der Waals surface area contributed by atoms with E-state index >= 15 is 0 Å². The number of hydrogen-bond donors (Lipinski definition) is 1. The number of aromatic nitrogens is 1. The van der Waals surface area contributed by atoms with Gasteiger partial charge in [-0.2, -0.15) is 13.2 Å². The van der Waals surface area contributed by atoms with E-state index in [1.54, 1.807) is 12.3 Å². The molecule has 0 amide bonds. The number of nitrogens with zero attached hydrogens (tertiary/aromatic N) is 1. The molecule has 0 spiro atoms. The molecule has 1 aromatic heterocycles. The van der Waals surface area contributed by atoms with Gasteiger partial charge in [0.05, 0.1) is 11.6 Å². The van der Waals surface area contributed by atoms with Crippen LogP contribution in [0.4, 0.5) is 18.9 Å². The van der Waals surface area contributed by atoms with Crippen LogP contribution in [0.1, 0.15) is 25.7 Å². The quantitative estimate of drug-likeness (QED) is 0.817. The number of alkyl halides is 3. The molecule has 2 unspecified atom stereocenters. The van der Waals surface area contributed by atoms with E-state index in [-0.39, 0.29) is 18.9 Å². The second-order valence-corrected chi connectivity index (χ2v) is 5.34. The summed E-state index contributed by atoms with van der Waals surface area (Å²) in [6.45, 7) is 0. The summed E-state index contributed by atoms with van der Waals surface area (Å²) >= 11 is 3.28. The number of hydrogen-bond acceptors (Lipinski definition) is 2. The summed E-state index contributed by atoms with van der Waals surface area (Å²) in [5.74, 6) is -1.18. The van der Waals surface area contributed by atoms with Crippen molar-refractivity contribution in [2.75, 3.05) is 5.32 Å². The van der Waals surface area contributed by atoms with Crippen LogP contribution in [0, 0.1) is 5.92 Å². The molecule has 2 nitrogen and oxygen atoms in total. The van der Waals surface area contributed by atoms with Crippen molar-refractivity contribution >= 4 is 21.6 Å². The lowest BCUT2D eigenvalue weighted by molar-refractivity contribution is -0.182. The van der Waals surface area contributed by atoms with Crippen molar-refractivity contribution in [3.8, 4) is 0 Å². The molecule has 0 aliphatic heterocycles. The predicted molar refractivity (Wildman–Crippen MR) is 67.4 cm³/mol. The Bertz CT molecular complexity index is 409. The van der Waals surface area contributed by atoms with Crippen LogP contribution in [0.15, 0.2) is 22.9 Å². The molecule has 0 bridgehead atoms. The highest BCUT2D eigenvalue weighted by Crippen LogP contribution is 2.38. The van der Waals surface area contributed by atoms with Gasteiger partial charge in [0.1, 0.15) is 4.60 Å². The fourth-order valence-corrected chi connectivity index (χ4v) is 2.70. The maximum absolute atomic E-state index is 12.7. The number of rotatable bonds is 2. The van der Waals surface area contributed by atoms with Crippen molar-refractivity contribution in [3.05, 3.63) is 22.9 Å². The average Bonchev–Trinajstić information content (AvgIpc) is 2.31. The Morgan fingerprint density at radius 2 is 2.11 bits per heavy atom. The molecule has 1 aliphatic rings. The lowest BCUT2D eigenvalue weighted by atomic mass is 9.85. The van der Waals surface area contributed by atoms with Crippen molar-refractivity contribution in [2.24, 2.45) is 5.92 Å². The average molecular weight is 323 g/mol. The molecule has 18 heavy (non-hydrogen) atoms. The number of halogens is 4. The molecule has 0 aromatic carbocycles. The predicted octanol–water partition coefficient (Wildman–Crippen LogP) is 4.38. The molecule has 0 saturated heterocycles. The lowest BCUT2D eigenvalue weighted by Crippen LogP contribution is -2.34. The minimum Gasteiger partial charge on any atom is -0.380 e. The van der Waals surface area contributed by atoms with E-state index in [2.05, 4.69) is 26.2 Å².